The Bertz CT molecular complexity index is 1620. The summed E-state index contributed by atoms with van der Waals surface area (Å²) in [5.74, 6) is -0.888. The van der Waals surface area contributed by atoms with Crippen LogP contribution in [-0.2, 0) is 28.6 Å². The summed E-state index contributed by atoms with van der Waals surface area (Å²) in [6, 6.07) is 0. The predicted octanol–water partition coefficient (Wildman–Crippen LogP) is 23.8. The molecule has 1 unspecified atom stereocenters. The molecule has 1 atom stereocenters. The van der Waals surface area contributed by atoms with E-state index in [2.05, 4.69) is 130 Å². The third kappa shape index (κ3) is 66.8. The van der Waals surface area contributed by atoms with Gasteiger partial charge in [-0.3, -0.25) is 14.4 Å². The fraction of sp³-hybridized carbons (Fsp3) is 0.720. The third-order valence-corrected chi connectivity index (χ3v) is 14.7. The fourth-order valence-corrected chi connectivity index (χ4v) is 9.59. The second-order valence-corrected chi connectivity index (χ2v) is 22.7. The van der Waals surface area contributed by atoms with Gasteiger partial charge >= 0.3 is 17.9 Å². The molecule has 0 spiro atoms. The normalized spacial score (nSPS) is 12.8. The Morgan fingerprint density at radius 3 is 0.753 bits per heavy atom. The van der Waals surface area contributed by atoms with Gasteiger partial charge in [0.2, 0.25) is 0 Å². The fourth-order valence-electron chi connectivity index (χ4n) is 9.59. The number of hydrogen-bond donors (Lipinski definition) is 0. The maximum Gasteiger partial charge on any atom is 0.306 e. The van der Waals surface area contributed by atoms with Crippen LogP contribution >= 0.6 is 0 Å². The summed E-state index contributed by atoms with van der Waals surface area (Å²) in [5, 5.41) is 0. The zero-order chi connectivity index (χ0) is 58.5. The van der Waals surface area contributed by atoms with Gasteiger partial charge in [0.1, 0.15) is 13.2 Å². The summed E-state index contributed by atoms with van der Waals surface area (Å²) in [6.45, 7) is 6.49. The van der Waals surface area contributed by atoms with Crippen LogP contribution in [0, 0.1) is 0 Å². The Morgan fingerprint density at radius 1 is 0.259 bits per heavy atom. The van der Waals surface area contributed by atoms with Crippen molar-refractivity contribution in [3.05, 3.63) is 109 Å². The van der Waals surface area contributed by atoms with Crippen molar-refractivity contribution in [2.75, 3.05) is 13.2 Å². The number of hydrogen-bond acceptors (Lipinski definition) is 6. The first-order valence-corrected chi connectivity index (χ1v) is 34.4. The van der Waals surface area contributed by atoms with Crippen molar-refractivity contribution >= 4 is 17.9 Å². The van der Waals surface area contributed by atoms with Crippen LogP contribution in [0.2, 0.25) is 0 Å². The molecule has 0 saturated carbocycles. The number of rotatable bonds is 62. The van der Waals surface area contributed by atoms with Crippen molar-refractivity contribution in [2.24, 2.45) is 0 Å². The van der Waals surface area contributed by atoms with Crippen molar-refractivity contribution in [1.29, 1.82) is 0 Å². The molecule has 464 valence electrons. The maximum atomic E-state index is 12.9. The Labute approximate surface area is 501 Å². The molecule has 0 N–H and O–H groups in total. The van der Waals surface area contributed by atoms with E-state index in [4.69, 9.17) is 14.2 Å². The summed E-state index contributed by atoms with van der Waals surface area (Å²) >= 11 is 0. The van der Waals surface area contributed by atoms with Gasteiger partial charge in [-0.15, -0.1) is 0 Å². The van der Waals surface area contributed by atoms with Gasteiger partial charge in [-0.05, 0) is 128 Å². The van der Waals surface area contributed by atoms with Crippen LogP contribution < -0.4 is 0 Å². The van der Waals surface area contributed by atoms with E-state index in [0.717, 1.165) is 116 Å². The molecule has 0 radical (unpaired) electrons. The minimum Gasteiger partial charge on any atom is -0.462 e. The first-order chi connectivity index (χ1) is 40.0. The van der Waals surface area contributed by atoms with E-state index in [1.54, 1.807) is 0 Å². The highest BCUT2D eigenvalue weighted by Crippen LogP contribution is 2.16. The van der Waals surface area contributed by atoms with Crippen LogP contribution in [0.25, 0.3) is 0 Å². The van der Waals surface area contributed by atoms with Crippen LogP contribution in [0.4, 0.5) is 0 Å². The molecule has 6 heteroatoms. The van der Waals surface area contributed by atoms with Crippen molar-refractivity contribution < 1.29 is 28.6 Å². The highest BCUT2D eigenvalue weighted by atomic mass is 16.6. The molecule has 0 aromatic heterocycles. The van der Waals surface area contributed by atoms with Gasteiger partial charge in [0.05, 0.1) is 0 Å². The van der Waals surface area contributed by atoms with Crippen molar-refractivity contribution in [3.8, 4) is 0 Å². The van der Waals surface area contributed by atoms with E-state index < -0.39 is 6.10 Å². The smallest absolute Gasteiger partial charge is 0.306 e. The second kappa shape index (κ2) is 68.6. The molecular formula is C75H128O6. The summed E-state index contributed by atoms with van der Waals surface area (Å²) in [5.41, 5.74) is 0. The van der Waals surface area contributed by atoms with E-state index in [-0.39, 0.29) is 31.1 Å². The maximum absolute atomic E-state index is 12.9. The van der Waals surface area contributed by atoms with Crippen LogP contribution in [-0.4, -0.2) is 37.2 Å². The zero-order valence-electron chi connectivity index (χ0n) is 53.3. The molecule has 0 saturated heterocycles. The van der Waals surface area contributed by atoms with Gasteiger partial charge in [-0.1, -0.05) is 291 Å². The second-order valence-electron chi connectivity index (χ2n) is 22.7. The van der Waals surface area contributed by atoms with Crippen molar-refractivity contribution in [3.63, 3.8) is 0 Å². The molecule has 0 aliphatic carbocycles. The standard InChI is InChI=1S/C75H128O6/c1-4-7-10-13-16-19-22-25-28-31-32-33-34-35-36-37-38-39-40-41-42-45-47-50-53-56-59-62-65-68-74(77)80-71-72(81-75(78)69-66-63-60-57-54-51-48-44-30-27-24-21-18-15-12-9-6-3)70-79-73(76)67-64-61-58-55-52-49-46-43-29-26-23-20-17-14-11-8-5-2/h7,10,16-21,25-30,32-33,35-36,72H,4-6,8-9,11-15,22-24,31,34,37-71H2,1-3H3/b10-7-,19-16-,20-17-,21-18-,28-25-,29-26-,30-27-,33-32-,36-35-. The van der Waals surface area contributed by atoms with Crippen LogP contribution in [0.15, 0.2) is 109 Å². The first-order valence-electron chi connectivity index (χ1n) is 34.4. The summed E-state index contributed by atoms with van der Waals surface area (Å²) in [7, 11) is 0. The van der Waals surface area contributed by atoms with Gasteiger partial charge < -0.3 is 14.2 Å². The van der Waals surface area contributed by atoms with E-state index in [1.807, 2.05) is 0 Å². The van der Waals surface area contributed by atoms with Crippen LogP contribution in [0.3, 0.4) is 0 Å². The number of ether oxygens (including phenoxy) is 3. The topological polar surface area (TPSA) is 78.9 Å². The molecule has 0 rings (SSSR count). The Balaban J connectivity index is 4.31. The summed E-state index contributed by atoms with van der Waals surface area (Å²) in [4.78, 5) is 38.4. The lowest BCUT2D eigenvalue weighted by molar-refractivity contribution is -0.167. The van der Waals surface area contributed by atoms with Gasteiger partial charge in [-0.25, -0.2) is 0 Å². The Morgan fingerprint density at radius 2 is 0.481 bits per heavy atom. The minimum absolute atomic E-state index is 0.0835. The lowest BCUT2D eigenvalue weighted by Crippen LogP contribution is -2.30. The minimum atomic E-state index is -0.789. The lowest BCUT2D eigenvalue weighted by atomic mass is 10.0. The van der Waals surface area contributed by atoms with E-state index >= 15 is 0 Å². The number of esters is 3. The van der Waals surface area contributed by atoms with E-state index in [0.29, 0.717) is 19.3 Å². The molecule has 0 heterocycles. The lowest BCUT2D eigenvalue weighted by Gasteiger charge is -2.18. The predicted molar refractivity (Wildman–Crippen MR) is 353 cm³/mol. The van der Waals surface area contributed by atoms with Gasteiger partial charge in [0.15, 0.2) is 6.10 Å². The average Bonchev–Trinajstić information content (AvgIpc) is 3.47. The van der Waals surface area contributed by atoms with Gasteiger partial charge in [-0.2, -0.15) is 0 Å². The van der Waals surface area contributed by atoms with Crippen molar-refractivity contribution in [1.82, 2.24) is 0 Å². The first kappa shape index (κ1) is 77.1. The number of unbranched alkanes of at least 4 members (excludes halogenated alkanes) is 33. The molecule has 0 aromatic rings. The van der Waals surface area contributed by atoms with E-state index in [1.165, 1.54) is 173 Å². The number of carbonyl (C=O) groups is 3. The van der Waals surface area contributed by atoms with Gasteiger partial charge in [0, 0.05) is 19.3 Å². The molecule has 0 aromatic carbocycles. The molecule has 0 bridgehead atoms. The molecule has 0 fully saturated rings. The highest BCUT2D eigenvalue weighted by Gasteiger charge is 2.19. The largest absolute Gasteiger partial charge is 0.462 e. The average molecular weight is 1130 g/mol. The molecule has 0 aliphatic heterocycles. The Hall–Kier alpha value is -3.93. The Kier molecular flexibility index (Phi) is 65.2. The quantitative estimate of drug-likeness (QED) is 0.0261. The molecule has 0 aliphatic rings. The summed E-state index contributed by atoms with van der Waals surface area (Å²) in [6.07, 6.45) is 93.8. The summed E-state index contributed by atoms with van der Waals surface area (Å²) < 4.78 is 17.0. The van der Waals surface area contributed by atoms with Gasteiger partial charge in [0.25, 0.3) is 0 Å². The monoisotopic (exact) mass is 1120 g/mol. The highest BCUT2D eigenvalue weighted by molar-refractivity contribution is 5.71. The molecule has 81 heavy (non-hydrogen) atoms. The molecule has 0 amide bonds. The number of carbonyl (C=O) groups excluding carboxylic acids is 3. The van der Waals surface area contributed by atoms with Crippen LogP contribution in [0.5, 0.6) is 0 Å². The van der Waals surface area contributed by atoms with E-state index in [9.17, 15) is 14.4 Å². The van der Waals surface area contributed by atoms with Crippen LogP contribution in [0.1, 0.15) is 329 Å². The third-order valence-electron chi connectivity index (χ3n) is 14.7. The zero-order valence-corrected chi connectivity index (χ0v) is 53.3. The number of allylic oxidation sites excluding steroid dienone is 18. The SMILES string of the molecule is CC/C=C\C/C=C\C/C=C\C/C=C\C/C=C\CCCCCCCCCCCCCCCC(=O)OCC(COC(=O)CCCCCCCCC/C=C\C/C=C\CCCCC)OC(=O)CCCCCCCCC/C=C\C/C=C\CCCCC. The van der Waals surface area contributed by atoms with Crippen molar-refractivity contribution in [2.45, 2.75) is 335 Å². The molecule has 6 nitrogen and oxygen atoms in total. The molecular weight excluding hydrogens is 997 g/mol.